The molecule has 0 fully saturated rings. The van der Waals surface area contributed by atoms with Crippen LogP contribution in [0.4, 0.5) is 5.69 Å². The molecule has 0 aliphatic heterocycles. The second-order valence-corrected chi connectivity index (χ2v) is 5.84. The van der Waals surface area contributed by atoms with Crippen molar-refractivity contribution >= 4 is 52.4 Å². The van der Waals surface area contributed by atoms with E-state index in [1.54, 1.807) is 42.5 Å². The van der Waals surface area contributed by atoms with Crippen LogP contribution in [-0.2, 0) is 20.7 Å². The van der Waals surface area contributed by atoms with Crippen molar-refractivity contribution in [2.75, 3.05) is 11.9 Å². The fraction of sp³-hybridized carbons (Fsp3) is 0.125. The highest BCUT2D eigenvalue weighted by molar-refractivity contribution is 6.42. The van der Waals surface area contributed by atoms with Crippen LogP contribution in [0.25, 0.3) is 0 Å². The summed E-state index contributed by atoms with van der Waals surface area (Å²) in [6.45, 7) is -0.397. The van der Waals surface area contributed by atoms with Gasteiger partial charge in [0.25, 0.3) is 5.91 Å². The highest BCUT2D eigenvalue weighted by Crippen LogP contribution is 2.23. The molecule has 7 heteroatoms. The number of nitrogens with one attached hydrogen (secondary N) is 1. The van der Waals surface area contributed by atoms with Crippen LogP contribution in [-0.4, -0.2) is 18.5 Å². The Labute approximate surface area is 148 Å². The lowest BCUT2D eigenvalue weighted by Crippen LogP contribution is -2.21. The van der Waals surface area contributed by atoms with Gasteiger partial charge >= 0.3 is 5.97 Å². The summed E-state index contributed by atoms with van der Waals surface area (Å²) in [5, 5.41) is 3.73. The summed E-state index contributed by atoms with van der Waals surface area (Å²) >= 11 is 17.6. The highest BCUT2D eigenvalue weighted by Gasteiger charge is 2.11. The molecular weight excluding hydrogens is 361 g/mol. The normalized spacial score (nSPS) is 10.2. The predicted octanol–water partition coefficient (Wildman–Crippen LogP) is 4.37. The van der Waals surface area contributed by atoms with E-state index in [0.29, 0.717) is 26.3 Å². The average Bonchev–Trinajstić information content (AvgIpc) is 2.51. The number of esters is 1. The molecule has 0 saturated carbocycles. The predicted molar refractivity (Wildman–Crippen MR) is 91.2 cm³/mol. The highest BCUT2D eigenvalue weighted by atomic mass is 35.5. The van der Waals surface area contributed by atoms with E-state index < -0.39 is 18.5 Å². The first-order valence-corrected chi connectivity index (χ1v) is 7.73. The van der Waals surface area contributed by atoms with Gasteiger partial charge in [-0.3, -0.25) is 9.59 Å². The average molecular weight is 373 g/mol. The van der Waals surface area contributed by atoms with Crippen LogP contribution in [0.1, 0.15) is 5.56 Å². The third kappa shape index (κ3) is 5.43. The first-order valence-electron chi connectivity index (χ1n) is 6.59. The van der Waals surface area contributed by atoms with E-state index in [4.69, 9.17) is 39.5 Å². The van der Waals surface area contributed by atoms with E-state index in [-0.39, 0.29) is 6.42 Å². The zero-order chi connectivity index (χ0) is 16.8. The Hall–Kier alpha value is -1.75. The van der Waals surface area contributed by atoms with Crippen LogP contribution in [0.15, 0.2) is 42.5 Å². The third-order valence-electron chi connectivity index (χ3n) is 2.84. The monoisotopic (exact) mass is 371 g/mol. The second kappa shape index (κ2) is 8.20. The number of amides is 1. The second-order valence-electron chi connectivity index (χ2n) is 4.61. The largest absolute Gasteiger partial charge is 0.455 e. The first kappa shape index (κ1) is 17.6. The molecule has 0 spiro atoms. The van der Waals surface area contributed by atoms with Gasteiger partial charge in [-0.05, 0) is 29.8 Å². The van der Waals surface area contributed by atoms with E-state index in [9.17, 15) is 9.59 Å². The third-order valence-corrected chi connectivity index (χ3v) is 3.91. The topological polar surface area (TPSA) is 55.4 Å². The molecule has 120 valence electrons. The molecule has 0 heterocycles. The van der Waals surface area contributed by atoms with Crippen LogP contribution in [0, 0.1) is 0 Å². The minimum atomic E-state index is -0.544. The van der Waals surface area contributed by atoms with Crippen molar-refractivity contribution < 1.29 is 14.3 Å². The Kier molecular flexibility index (Phi) is 6.28. The Balaban J connectivity index is 1.83. The maximum Gasteiger partial charge on any atom is 0.310 e. The zero-order valence-electron chi connectivity index (χ0n) is 11.8. The summed E-state index contributed by atoms with van der Waals surface area (Å²) in [5.41, 5.74) is 1.11. The Morgan fingerprint density at radius 1 is 0.957 bits per heavy atom. The molecule has 0 aromatic heterocycles. The summed E-state index contributed by atoms with van der Waals surface area (Å²) in [5.74, 6) is -1.02. The van der Waals surface area contributed by atoms with Gasteiger partial charge in [-0.1, -0.05) is 53.0 Å². The van der Waals surface area contributed by atoms with Gasteiger partial charge in [0.15, 0.2) is 6.61 Å². The number of halogens is 3. The number of hydrogen-bond acceptors (Lipinski definition) is 3. The van der Waals surface area contributed by atoms with Gasteiger partial charge < -0.3 is 10.1 Å². The number of carbonyl (C=O) groups excluding carboxylic acids is 2. The fourth-order valence-electron chi connectivity index (χ4n) is 1.76. The molecule has 0 radical (unpaired) electrons. The summed E-state index contributed by atoms with van der Waals surface area (Å²) in [6, 6.07) is 11.6. The van der Waals surface area contributed by atoms with Crippen molar-refractivity contribution in [3.63, 3.8) is 0 Å². The summed E-state index contributed by atoms with van der Waals surface area (Å²) in [7, 11) is 0. The molecular formula is C16H12Cl3NO3. The number of benzene rings is 2. The standard InChI is InChI=1S/C16H12Cl3NO3/c17-11-6-5-10(7-13(11)19)8-16(22)23-9-15(21)20-14-4-2-1-3-12(14)18/h1-7H,8-9H2,(H,20,21). The Morgan fingerprint density at radius 2 is 1.70 bits per heavy atom. The molecule has 0 aliphatic carbocycles. The van der Waals surface area contributed by atoms with Gasteiger partial charge in [0.05, 0.1) is 27.2 Å². The Bertz CT molecular complexity index is 734. The lowest BCUT2D eigenvalue weighted by molar-refractivity contribution is -0.146. The van der Waals surface area contributed by atoms with E-state index in [1.165, 1.54) is 0 Å². The number of carbonyl (C=O) groups is 2. The van der Waals surface area contributed by atoms with Gasteiger partial charge in [0, 0.05) is 0 Å². The first-order chi connectivity index (χ1) is 11.0. The van der Waals surface area contributed by atoms with Crippen molar-refractivity contribution in [1.82, 2.24) is 0 Å². The molecule has 1 amide bonds. The lowest BCUT2D eigenvalue weighted by Gasteiger charge is -2.08. The number of ether oxygens (including phenoxy) is 1. The van der Waals surface area contributed by atoms with Gasteiger partial charge in [-0.25, -0.2) is 0 Å². The number of anilines is 1. The van der Waals surface area contributed by atoms with Crippen LogP contribution in [0.3, 0.4) is 0 Å². The minimum absolute atomic E-state index is 0.00371. The van der Waals surface area contributed by atoms with Gasteiger partial charge in [-0.15, -0.1) is 0 Å². The minimum Gasteiger partial charge on any atom is -0.455 e. The van der Waals surface area contributed by atoms with Crippen molar-refractivity contribution in [1.29, 1.82) is 0 Å². The van der Waals surface area contributed by atoms with Crippen molar-refractivity contribution in [2.45, 2.75) is 6.42 Å². The van der Waals surface area contributed by atoms with Gasteiger partial charge in [-0.2, -0.15) is 0 Å². The van der Waals surface area contributed by atoms with Crippen LogP contribution in [0.5, 0.6) is 0 Å². The number of para-hydroxylation sites is 1. The lowest BCUT2D eigenvalue weighted by atomic mass is 10.1. The zero-order valence-corrected chi connectivity index (χ0v) is 14.1. The van der Waals surface area contributed by atoms with Crippen molar-refractivity contribution in [3.05, 3.63) is 63.1 Å². The fourth-order valence-corrected chi connectivity index (χ4v) is 2.27. The summed E-state index contributed by atoms with van der Waals surface area (Å²) < 4.78 is 4.92. The van der Waals surface area contributed by atoms with E-state index in [0.717, 1.165) is 0 Å². The quantitative estimate of drug-likeness (QED) is 0.793. The van der Waals surface area contributed by atoms with Gasteiger partial charge in [0.2, 0.25) is 0 Å². The smallest absolute Gasteiger partial charge is 0.310 e. The number of hydrogen-bond donors (Lipinski definition) is 1. The van der Waals surface area contributed by atoms with E-state index in [1.807, 2.05) is 0 Å². The molecule has 2 aromatic carbocycles. The molecule has 23 heavy (non-hydrogen) atoms. The Morgan fingerprint density at radius 3 is 2.39 bits per heavy atom. The molecule has 0 bridgehead atoms. The molecule has 0 aliphatic rings. The SMILES string of the molecule is O=C(COC(=O)Cc1ccc(Cl)c(Cl)c1)Nc1ccccc1Cl. The van der Waals surface area contributed by atoms with Crippen LogP contribution < -0.4 is 5.32 Å². The van der Waals surface area contributed by atoms with E-state index >= 15 is 0 Å². The van der Waals surface area contributed by atoms with Crippen LogP contribution >= 0.6 is 34.8 Å². The van der Waals surface area contributed by atoms with Crippen LogP contribution in [0.2, 0.25) is 15.1 Å². The van der Waals surface area contributed by atoms with E-state index in [2.05, 4.69) is 5.32 Å². The molecule has 0 saturated heterocycles. The molecule has 2 aromatic rings. The molecule has 0 atom stereocenters. The summed E-state index contributed by atoms with van der Waals surface area (Å²) in [6.07, 6.45) is -0.00371. The van der Waals surface area contributed by atoms with Gasteiger partial charge in [0.1, 0.15) is 0 Å². The molecule has 1 N–H and O–H groups in total. The molecule has 0 unspecified atom stereocenters. The molecule has 2 rings (SSSR count). The maximum atomic E-state index is 11.7. The maximum absolute atomic E-state index is 11.7. The van der Waals surface area contributed by atoms with Crippen molar-refractivity contribution in [2.24, 2.45) is 0 Å². The summed E-state index contributed by atoms with van der Waals surface area (Å²) in [4.78, 5) is 23.5. The molecule has 4 nitrogen and oxygen atoms in total. The number of rotatable bonds is 5. The van der Waals surface area contributed by atoms with Crippen molar-refractivity contribution in [3.8, 4) is 0 Å².